The molecule has 1 aromatic carbocycles. The number of hydrogen-bond acceptors (Lipinski definition) is 5. The lowest BCUT2D eigenvalue weighted by Crippen LogP contribution is -2.17. The van der Waals surface area contributed by atoms with E-state index in [-0.39, 0.29) is 17.1 Å². The van der Waals surface area contributed by atoms with Crippen molar-refractivity contribution in [2.75, 3.05) is 10.6 Å². The van der Waals surface area contributed by atoms with E-state index < -0.39 is 17.6 Å². The van der Waals surface area contributed by atoms with Crippen LogP contribution < -0.4 is 10.6 Å². The van der Waals surface area contributed by atoms with Gasteiger partial charge in [0.15, 0.2) is 5.82 Å². The van der Waals surface area contributed by atoms with E-state index in [0.29, 0.717) is 11.4 Å². The second kappa shape index (κ2) is 6.91. The molecular formula is C17H13FN4O3. The molecule has 2 amide bonds. The zero-order valence-electron chi connectivity index (χ0n) is 13.1. The van der Waals surface area contributed by atoms with Crippen molar-refractivity contribution < 1.29 is 18.5 Å². The summed E-state index contributed by atoms with van der Waals surface area (Å²) >= 11 is 0. The van der Waals surface area contributed by atoms with Crippen LogP contribution in [0.3, 0.4) is 0 Å². The minimum atomic E-state index is -0.558. The summed E-state index contributed by atoms with van der Waals surface area (Å²) < 4.78 is 18.0. The predicted octanol–water partition coefficient (Wildman–Crippen LogP) is 3.02. The second-order valence-corrected chi connectivity index (χ2v) is 5.17. The Balaban J connectivity index is 1.74. The summed E-state index contributed by atoms with van der Waals surface area (Å²) in [6.45, 7) is 1.70. The molecule has 3 rings (SSSR count). The number of rotatable bonds is 4. The first kappa shape index (κ1) is 16.3. The fourth-order valence-electron chi connectivity index (χ4n) is 2.07. The third-order valence-electron chi connectivity index (χ3n) is 3.21. The van der Waals surface area contributed by atoms with Gasteiger partial charge in [0.2, 0.25) is 0 Å². The standard InChI is InChI=1S/C17H13FN4O3/c1-10-7-15(22-25-10)21-16(23)11-5-6-19-14(8-11)17(24)20-13-4-2-3-12(18)9-13/h2-9H,1H3,(H,20,24)(H,21,22,23). The van der Waals surface area contributed by atoms with E-state index in [1.54, 1.807) is 19.1 Å². The first-order chi connectivity index (χ1) is 12.0. The van der Waals surface area contributed by atoms with Gasteiger partial charge in [-0.2, -0.15) is 0 Å². The van der Waals surface area contributed by atoms with Gasteiger partial charge in [-0.25, -0.2) is 4.39 Å². The van der Waals surface area contributed by atoms with Crippen LogP contribution in [-0.2, 0) is 0 Å². The Kier molecular flexibility index (Phi) is 4.51. The van der Waals surface area contributed by atoms with E-state index in [1.165, 1.54) is 36.5 Å². The van der Waals surface area contributed by atoms with Crippen LogP contribution in [0.5, 0.6) is 0 Å². The van der Waals surface area contributed by atoms with Crippen molar-refractivity contribution in [3.05, 3.63) is 71.5 Å². The number of carbonyl (C=O) groups is 2. The highest BCUT2D eigenvalue weighted by atomic mass is 19.1. The molecule has 8 heteroatoms. The molecule has 0 unspecified atom stereocenters. The van der Waals surface area contributed by atoms with Crippen molar-refractivity contribution >= 4 is 23.3 Å². The maximum absolute atomic E-state index is 13.2. The van der Waals surface area contributed by atoms with Gasteiger partial charge in [-0.05, 0) is 37.3 Å². The minimum Gasteiger partial charge on any atom is -0.360 e. The second-order valence-electron chi connectivity index (χ2n) is 5.17. The summed E-state index contributed by atoms with van der Waals surface area (Å²) in [7, 11) is 0. The Bertz CT molecular complexity index is 939. The topological polar surface area (TPSA) is 97.1 Å². The maximum atomic E-state index is 13.2. The summed E-state index contributed by atoms with van der Waals surface area (Å²) in [5.41, 5.74) is 0.535. The van der Waals surface area contributed by atoms with Gasteiger partial charge in [0.05, 0.1) is 0 Å². The van der Waals surface area contributed by atoms with E-state index in [0.717, 1.165) is 0 Å². The van der Waals surface area contributed by atoms with E-state index >= 15 is 0 Å². The highest BCUT2D eigenvalue weighted by Gasteiger charge is 2.13. The van der Waals surface area contributed by atoms with Gasteiger partial charge in [-0.15, -0.1) is 0 Å². The zero-order chi connectivity index (χ0) is 17.8. The van der Waals surface area contributed by atoms with Crippen molar-refractivity contribution in [3.63, 3.8) is 0 Å². The summed E-state index contributed by atoms with van der Waals surface area (Å²) in [6.07, 6.45) is 1.34. The van der Waals surface area contributed by atoms with Crippen molar-refractivity contribution in [2.45, 2.75) is 6.92 Å². The number of carbonyl (C=O) groups excluding carboxylic acids is 2. The molecule has 0 bridgehead atoms. The summed E-state index contributed by atoms with van der Waals surface area (Å²) in [4.78, 5) is 28.3. The van der Waals surface area contributed by atoms with Crippen molar-refractivity contribution in [1.82, 2.24) is 10.1 Å². The Morgan fingerprint density at radius 2 is 1.92 bits per heavy atom. The van der Waals surface area contributed by atoms with Crippen LogP contribution in [0.15, 0.2) is 53.2 Å². The van der Waals surface area contributed by atoms with Crippen molar-refractivity contribution in [3.8, 4) is 0 Å². The third-order valence-corrected chi connectivity index (χ3v) is 3.21. The monoisotopic (exact) mass is 340 g/mol. The molecule has 0 saturated heterocycles. The van der Waals surface area contributed by atoms with E-state index in [1.807, 2.05) is 0 Å². The minimum absolute atomic E-state index is 0.0215. The smallest absolute Gasteiger partial charge is 0.274 e. The number of aryl methyl sites for hydroxylation is 1. The zero-order valence-corrected chi connectivity index (χ0v) is 13.1. The van der Waals surface area contributed by atoms with Gasteiger partial charge in [0.1, 0.15) is 17.3 Å². The Morgan fingerprint density at radius 1 is 1.08 bits per heavy atom. The van der Waals surface area contributed by atoms with Gasteiger partial charge < -0.3 is 15.2 Å². The Morgan fingerprint density at radius 3 is 2.64 bits per heavy atom. The van der Waals surface area contributed by atoms with Crippen molar-refractivity contribution in [1.29, 1.82) is 0 Å². The van der Waals surface area contributed by atoms with Gasteiger partial charge in [0.25, 0.3) is 11.8 Å². The first-order valence-electron chi connectivity index (χ1n) is 7.29. The number of aromatic nitrogens is 2. The van der Waals surface area contributed by atoms with E-state index in [2.05, 4.69) is 20.8 Å². The molecule has 0 aliphatic rings. The SMILES string of the molecule is Cc1cc(NC(=O)c2ccnc(C(=O)Nc3cccc(F)c3)c2)no1. The molecule has 2 heterocycles. The molecule has 0 saturated carbocycles. The van der Waals surface area contributed by atoms with Crippen LogP contribution in [0, 0.1) is 12.7 Å². The number of nitrogens with one attached hydrogen (secondary N) is 2. The number of amides is 2. The Hall–Kier alpha value is -3.55. The van der Waals surface area contributed by atoms with Gasteiger partial charge in [-0.1, -0.05) is 11.2 Å². The number of nitrogens with zero attached hydrogens (tertiary/aromatic N) is 2. The average Bonchev–Trinajstić information content (AvgIpc) is 3.00. The highest BCUT2D eigenvalue weighted by Crippen LogP contribution is 2.13. The molecule has 0 atom stereocenters. The molecule has 25 heavy (non-hydrogen) atoms. The number of hydrogen-bond donors (Lipinski definition) is 2. The van der Waals surface area contributed by atoms with Gasteiger partial charge >= 0.3 is 0 Å². The highest BCUT2D eigenvalue weighted by molar-refractivity contribution is 6.07. The predicted molar refractivity (Wildman–Crippen MR) is 87.8 cm³/mol. The first-order valence-corrected chi connectivity index (χ1v) is 7.29. The molecule has 3 aromatic rings. The lowest BCUT2D eigenvalue weighted by atomic mass is 10.2. The average molecular weight is 340 g/mol. The maximum Gasteiger partial charge on any atom is 0.274 e. The summed E-state index contributed by atoms with van der Waals surface area (Å²) in [5, 5.41) is 8.73. The largest absolute Gasteiger partial charge is 0.360 e. The number of halogens is 1. The van der Waals surface area contributed by atoms with Crippen LogP contribution in [0.4, 0.5) is 15.9 Å². The normalized spacial score (nSPS) is 10.3. The molecule has 126 valence electrons. The fourth-order valence-corrected chi connectivity index (χ4v) is 2.07. The number of benzene rings is 1. The molecular weight excluding hydrogens is 327 g/mol. The van der Waals surface area contributed by atoms with E-state index in [4.69, 9.17) is 4.52 Å². The third kappa shape index (κ3) is 4.05. The molecule has 0 aliphatic heterocycles. The van der Waals surface area contributed by atoms with Crippen molar-refractivity contribution in [2.24, 2.45) is 0 Å². The van der Waals surface area contributed by atoms with E-state index in [9.17, 15) is 14.0 Å². The molecule has 0 spiro atoms. The van der Waals surface area contributed by atoms with Crippen LogP contribution in [0.1, 0.15) is 26.6 Å². The summed E-state index contributed by atoms with van der Waals surface area (Å²) in [6, 6.07) is 9.83. The molecule has 7 nitrogen and oxygen atoms in total. The van der Waals surface area contributed by atoms with Crippen LogP contribution >= 0.6 is 0 Å². The number of anilines is 2. The molecule has 0 radical (unpaired) electrons. The van der Waals surface area contributed by atoms with Crippen LogP contribution in [0.25, 0.3) is 0 Å². The molecule has 0 fully saturated rings. The van der Waals surface area contributed by atoms with Crippen LogP contribution in [0.2, 0.25) is 0 Å². The molecule has 0 aliphatic carbocycles. The summed E-state index contributed by atoms with van der Waals surface area (Å²) in [5.74, 6) is -0.667. The molecule has 2 aromatic heterocycles. The quantitative estimate of drug-likeness (QED) is 0.761. The van der Waals surface area contributed by atoms with Gasteiger partial charge in [0, 0.05) is 23.5 Å². The lowest BCUT2D eigenvalue weighted by molar-refractivity contribution is 0.102. The number of pyridine rings is 1. The van der Waals surface area contributed by atoms with Gasteiger partial charge in [-0.3, -0.25) is 14.6 Å². The Labute approximate surface area is 141 Å². The van der Waals surface area contributed by atoms with Crippen LogP contribution in [-0.4, -0.2) is 22.0 Å². The fraction of sp³-hybridized carbons (Fsp3) is 0.0588. The lowest BCUT2D eigenvalue weighted by Gasteiger charge is -2.06. The molecule has 2 N–H and O–H groups in total.